The van der Waals surface area contributed by atoms with E-state index in [2.05, 4.69) is 53.3 Å². The van der Waals surface area contributed by atoms with E-state index >= 15 is 0 Å². The maximum Gasteiger partial charge on any atom is 0.259 e. The van der Waals surface area contributed by atoms with Crippen molar-refractivity contribution in [2.45, 2.75) is 50.7 Å². The number of nitrogens with zero attached hydrogens (tertiary/aromatic N) is 3. The van der Waals surface area contributed by atoms with Crippen LogP contribution in [0.2, 0.25) is 0 Å². The second-order valence-corrected chi connectivity index (χ2v) is 10.2. The standard InChI is InChI=1S/C26H32N4O4.ClH/c1-17(2)18-4-6-20(7-5-18)26(32,24(3)15-28-16-24)21-12-19(13-27-14-21)22-29-23(30-34-22)25(31)8-10-33-11-9-25;/h4-7,12-14,17,28,31-32H,8-11,15-16H2,1-3H3;1H. The Hall–Kier alpha value is -2.36. The van der Waals surface area contributed by atoms with Gasteiger partial charge in [0.2, 0.25) is 5.82 Å². The Balaban J connectivity index is 0.00000289. The van der Waals surface area contributed by atoms with Crippen LogP contribution in [0.4, 0.5) is 0 Å². The highest BCUT2D eigenvalue weighted by Crippen LogP contribution is 2.48. The van der Waals surface area contributed by atoms with Gasteiger partial charge in [-0.3, -0.25) is 4.98 Å². The van der Waals surface area contributed by atoms with Gasteiger partial charge < -0.3 is 24.8 Å². The van der Waals surface area contributed by atoms with Gasteiger partial charge in [0.25, 0.3) is 5.89 Å². The van der Waals surface area contributed by atoms with Crippen molar-refractivity contribution >= 4 is 12.4 Å². The summed E-state index contributed by atoms with van der Waals surface area (Å²) in [5.41, 5.74) is 0.468. The number of aromatic nitrogens is 3. The summed E-state index contributed by atoms with van der Waals surface area (Å²) in [7, 11) is 0. The summed E-state index contributed by atoms with van der Waals surface area (Å²) >= 11 is 0. The van der Waals surface area contributed by atoms with Crippen LogP contribution in [0.1, 0.15) is 62.0 Å². The number of benzene rings is 1. The number of aliphatic hydroxyl groups is 2. The minimum absolute atomic E-state index is 0. The molecule has 0 amide bonds. The first kappa shape index (κ1) is 25.7. The molecule has 2 saturated heterocycles. The van der Waals surface area contributed by atoms with E-state index in [1.807, 2.05) is 18.2 Å². The fourth-order valence-corrected chi connectivity index (χ4v) is 4.95. The normalized spacial score (nSPS) is 20.5. The minimum atomic E-state index is -1.27. The molecule has 1 unspecified atom stereocenters. The van der Waals surface area contributed by atoms with Gasteiger partial charge >= 0.3 is 0 Å². The first-order chi connectivity index (χ1) is 16.3. The Morgan fingerprint density at radius 1 is 1.06 bits per heavy atom. The molecule has 1 aromatic carbocycles. The van der Waals surface area contributed by atoms with Crippen molar-refractivity contribution in [1.82, 2.24) is 20.4 Å². The third kappa shape index (κ3) is 4.38. The van der Waals surface area contributed by atoms with Gasteiger partial charge in [-0.1, -0.05) is 50.2 Å². The number of rotatable bonds is 6. The van der Waals surface area contributed by atoms with Crippen molar-refractivity contribution in [1.29, 1.82) is 0 Å². The number of halogens is 1. The van der Waals surface area contributed by atoms with Crippen LogP contribution in [0.25, 0.3) is 11.5 Å². The Labute approximate surface area is 211 Å². The molecule has 9 heteroatoms. The highest BCUT2D eigenvalue weighted by atomic mass is 35.5. The third-order valence-corrected chi connectivity index (χ3v) is 7.46. The van der Waals surface area contributed by atoms with Crippen LogP contribution < -0.4 is 5.32 Å². The van der Waals surface area contributed by atoms with Crippen molar-refractivity contribution in [3.05, 3.63) is 65.2 Å². The van der Waals surface area contributed by atoms with Gasteiger partial charge in [0.1, 0.15) is 11.2 Å². The van der Waals surface area contributed by atoms with Gasteiger partial charge in [-0.15, -0.1) is 12.4 Å². The molecule has 0 saturated carbocycles. The van der Waals surface area contributed by atoms with E-state index in [0.29, 0.717) is 56.2 Å². The number of pyridine rings is 1. The lowest BCUT2D eigenvalue weighted by molar-refractivity contribution is -0.0769. The molecule has 2 aliphatic rings. The molecule has 3 aromatic rings. The van der Waals surface area contributed by atoms with E-state index in [1.54, 1.807) is 12.4 Å². The molecule has 0 radical (unpaired) electrons. The van der Waals surface area contributed by atoms with Gasteiger partial charge in [-0.25, -0.2) is 0 Å². The molecule has 188 valence electrons. The van der Waals surface area contributed by atoms with Crippen molar-refractivity contribution < 1.29 is 19.5 Å². The van der Waals surface area contributed by atoms with Crippen LogP contribution >= 0.6 is 12.4 Å². The molecule has 8 nitrogen and oxygen atoms in total. The molecular weight excluding hydrogens is 468 g/mol. The van der Waals surface area contributed by atoms with E-state index in [9.17, 15) is 10.2 Å². The Bertz CT molecular complexity index is 1160. The van der Waals surface area contributed by atoms with Crippen LogP contribution in [0.15, 0.2) is 47.2 Å². The molecule has 2 fully saturated rings. The number of hydrogen-bond acceptors (Lipinski definition) is 8. The zero-order chi connectivity index (χ0) is 24.0. The molecule has 0 aliphatic carbocycles. The van der Waals surface area contributed by atoms with E-state index < -0.39 is 16.6 Å². The summed E-state index contributed by atoms with van der Waals surface area (Å²) in [5.74, 6) is 0.926. The summed E-state index contributed by atoms with van der Waals surface area (Å²) in [6.07, 6.45) is 4.18. The van der Waals surface area contributed by atoms with Gasteiger partial charge in [0.15, 0.2) is 0 Å². The van der Waals surface area contributed by atoms with Crippen molar-refractivity contribution in [2.24, 2.45) is 5.41 Å². The quantitative estimate of drug-likeness (QED) is 0.471. The summed E-state index contributed by atoms with van der Waals surface area (Å²) in [6, 6.07) is 10.0. The average molecular weight is 501 g/mol. The van der Waals surface area contributed by atoms with E-state index in [1.165, 1.54) is 5.56 Å². The minimum Gasteiger partial charge on any atom is -0.382 e. The molecule has 2 aromatic heterocycles. The molecule has 3 N–H and O–H groups in total. The molecule has 4 heterocycles. The molecule has 0 spiro atoms. The molecule has 35 heavy (non-hydrogen) atoms. The fourth-order valence-electron chi connectivity index (χ4n) is 4.95. The summed E-state index contributed by atoms with van der Waals surface area (Å²) in [4.78, 5) is 8.90. The van der Waals surface area contributed by atoms with Crippen LogP contribution in [0, 0.1) is 5.41 Å². The van der Waals surface area contributed by atoms with Crippen LogP contribution in [0.3, 0.4) is 0 Å². The second kappa shape index (κ2) is 9.59. The molecule has 0 bridgehead atoms. The Kier molecular flexibility index (Phi) is 7.05. The number of hydrogen-bond donors (Lipinski definition) is 3. The molecule has 5 rings (SSSR count). The lowest BCUT2D eigenvalue weighted by atomic mass is 9.63. The molecular formula is C26H33ClN4O4. The van der Waals surface area contributed by atoms with Gasteiger partial charge in [0, 0.05) is 62.5 Å². The zero-order valence-corrected chi connectivity index (χ0v) is 21.1. The van der Waals surface area contributed by atoms with E-state index in [0.717, 1.165) is 5.56 Å². The summed E-state index contributed by atoms with van der Waals surface area (Å²) in [6.45, 7) is 8.65. The summed E-state index contributed by atoms with van der Waals surface area (Å²) < 4.78 is 10.9. The van der Waals surface area contributed by atoms with Gasteiger partial charge in [-0.2, -0.15) is 4.98 Å². The maximum atomic E-state index is 12.3. The van der Waals surface area contributed by atoms with Crippen molar-refractivity contribution in [3.8, 4) is 11.5 Å². The van der Waals surface area contributed by atoms with Crippen LogP contribution in [-0.2, 0) is 15.9 Å². The predicted octanol–water partition coefficient (Wildman–Crippen LogP) is 3.52. The highest BCUT2D eigenvalue weighted by Gasteiger charge is 2.53. The maximum absolute atomic E-state index is 12.3. The SMILES string of the molecule is CC(C)c1ccc(C(O)(c2cncc(-c3nc(C4(O)CCOCC4)no3)c2)C2(C)CNC2)cc1.Cl. The Morgan fingerprint density at radius 3 is 2.34 bits per heavy atom. The average Bonchev–Trinajstić information content (AvgIpc) is 3.34. The van der Waals surface area contributed by atoms with Crippen LogP contribution in [0.5, 0.6) is 0 Å². The predicted molar refractivity (Wildman–Crippen MR) is 133 cm³/mol. The number of nitrogens with one attached hydrogen (secondary N) is 1. The van der Waals surface area contributed by atoms with E-state index in [4.69, 9.17) is 9.26 Å². The summed E-state index contributed by atoms with van der Waals surface area (Å²) in [5, 5.41) is 30.6. The highest BCUT2D eigenvalue weighted by molar-refractivity contribution is 5.85. The lowest BCUT2D eigenvalue weighted by Crippen LogP contribution is -2.63. The lowest BCUT2D eigenvalue weighted by Gasteiger charge is -2.52. The third-order valence-electron chi connectivity index (χ3n) is 7.46. The van der Waals surface area contributed by atoms with Gasteiger partial charge in [-0.05, 0) is 23.1 Å². The smallest absolute Gasteiger partial charge is 0.259 e. The van der Waals surface area contributed by atoms with Gasteiger partial charge in [0.05, 0.1) is 5.56 Å². The first-order valence-electron chi connectivity index (χ1n) is 11.9. The monoisotopic (exact) mass is 500 g/mol. The first-order valence-corrected chi connectivity index (χ1v) is 11.9. The zero-order valence-electron chi connectivity index (χ0n) is 20.3. The fraction of sp³-hybridized carbons (Fsp3) is 0.500. The topological polar surface area (TPSA) is 114 Å². The molecule has 2 aliphatic heterocycles. The van der Waals surface area contributed by atoms with Crippen molar-refractivity contribution in [3.63, 3.8) is 0 Å². The Morgan fingerprint density at radius 2 is 1.74 bits per heavy atom. The van der Waals surface area contributed by atoms with E-state index in [-0.39, 0.29) is 24.1 Å². The number of ether oxygens (including phenoxy) is 1. The largest absolute Gasteiger partial charge is 0.382 e. The second-order valence-electron chi connectivity index (χ2n) is 10.2. The van der Waals surface area contributed by atoms with Crippen molar-refractivity contribution in [2.75, 3.05) is 26.3 Å². The molecule has 1 atom stereocenters. The van der Waals surface area contributed by atoms with Crippen LogP contribution in [-0.4, -0.2) is 51.6 Å².